The van der Waals surface area contributed by atoms with Crippen LogP contribution in [0.5, 0.6) is 0 Å². The Balaban J connectivity index is 1.65. The van der Waals surface area contributed by atoms with E-state index < -0.39 is 0 Å². The van der Waals surface area contributed by atoms with Crippen LogP contribution in [0.15, 0.2) is 24.3 Å². The van der Waals surface area contributed by atoms with Gasteiger partial charge in [0.05, 0.1) is 5.92 Å². The fourth-order valence-electron chi connectivity index (χ4n) is 3.52. The van der Waals surface area contributed by atoms with E-state index in [9.17, 15) is 9.59 Å². The molecule has 4 nitrogen and oxygen atoms in total. The zero-order valence-electron chi connectivity index (χ0n) is 14.1. The molecule has 0 saturated carbocycles. The number of carbonyl (C=O) groups excluding carboxylic acids is 2. The lowest BCUT2D eigenvalue weighted by atomic mass is 9.97. The molecule has 1 atom stereocenters. The monoisotopic (exact) mass is 314 g/mol. The zero-order chi connectivity index (χ0) is 16.4. The third kappa shape index (κ3) is 3.41. The molecule has 1 aromatic rings. The van der Waals surface area contributed by atoms with Crippen LogP contribution in [0.1, 0.15) is 38.7 Å². The summed E-state index contributed by atoms with van der Waals surface area (Å²) in [5.41, 5.74) is 2.17. The molecule has 3 rings (SSSR count). The Labute approximate surface area is 138 Å². The largest absolute Gasteiger partial charge is 0.342 e. The molecular formula is C19H26N2O2. The van der Waals surface area contributed by atoms with Gasteiger partial charge in [-0.05, 0) is 42.9 Å². The van der Waals surface area contributed by atoms with Gasteiger partial charge in [-0.3, -0.25) is 9.59 Å². The Morgan fingerprint density at radius 1 is 1.17 bits per heavy atom. The predicted molar refractivity (Wildman–Crippen MR) is 91.3 cm³/mol. The van der Waals surface area contributed by atoms with Crippen molar-refractivity contribution in [3.8, 4) is 0 Å². The second kappa shape index (κ2) is 6.73. The van der Waals surface area contributed by atoms with E-state index in [-0.39, 0.29) is 17.7 Å². The van der Waals surface area contributed by atoms with Crippen LogP contribution in [0.4, 0.5) is 5.69 Å². The molecule has 4 heteroatoms. The average molecular weight is 314 g/mol. The van der Waals surface area contributed by atoms with Gasteiger partial charge in [0.25, 0.3) is 0 Å². The fourth-order valence-corrected chi connectivity index (χ4v) is 3.52. The van der Waals surface area contributed by atoms with Crippen LogP contribution in [0.2, 0.25) is 0 Å². The minimum Gasteiger partial charge on any atom is -0.342 e. The summed E-state index contributed by atoms with van der Waals surface area (Å²) < 4.78 is 0. The normalized spacial score (nSPS) is 22.7. The molecule has 0 spiro atoms. The Bertz CT molecular complexity index is 574. The van der Waals surface area contributed by atoms with Crippen molar-refractivity contribution in [2.24, 2.45) is 11.8 Å². The van der Waals surface area contributed by atoms with Crippen molar-refractivity contribution in [3.05, 3.63) is 29.8 Å². The highest BCUT2D eigenvalue weighted by Crippen LogP contribution is 2.28. The highest BCUT2D eigenvalue weighted by Gasteiger charge is 2.37. The molecule has 2 fully saturated rings. The second-order valence-electron chi connectivity index (χ2n) is 6.93. The number of hydrogen-bond acceptors (Lipinski definition) is 2. The maximum atomic E-state index is 12.7. The number of carbonyl (C=O) groups is 2. The van der Waals surface area contributed by atoms with E-state index in [1.54, 1.807) is 4.90 Å². The van der Waals surface area contributed by atoms with Gasteiger partial charge in [0.2, 0.25) is 11.8 Å². The number of rotatable bonds is 3. The smallest absolute Gasteiger partial charge is 0.228 e. The number of nitrogens with zero attached hydrogens (tertiary/aromatic N) is 2. The molecule has 0 radical (unpaired) electrons. The summed E-state index contributed by atoms with van der Waals surface area (Å²) in [5.74, 6) is 0.760. The minimum atomic E-state index is -0.179. The van der Waals surface area contributed by atoms with E-state index >= 15 is 0 Å². The first kappa shape index (κ1) is 16.0. The summed E-state index contributed by atoms with van der Waals surface area (Å²) in [7, 11) is 0. The molecule has 2 saturated heterocycles. The molecule has 0 aliphatic carbocycles. The van der Waals surface area contributed by atoms with Crippen molar-refractivity contribution in [1.82, 2.24) is 4.90 Å². The summed E-state index contributed by atoms with van der Waals surface area (Å²) in [6.45, 7) is 6.56. The third-order valence-corrected chi connectivity index (χ3v) is 5.23. The Morgan fingerprint density at radius 3 is 2.43 bits per heavy atom. The average Bonchev–Trinajstić information content (AvgIpc) is 2.97. The molecule has 2 aliphatic heterocycles. The molecule has 0 bridgehead atoms. The molecule has 2 heterocycles. The van der Waals surface area contributed by atoms with E-state index in [4.69, 9.17) is 0 Å². The second-order valence-corrected chi connectivity index (χ2v) is 6.93. The molecule has 23 heavy (non-hydrogen) atoms. The number of anilines is 1. The van der Waals surface area contributed by atoms with E-state index in [1.165, 1.54) is 5.56 Å². The lowest BCUT2D eigenvalue weighted by molar-refractivity contribution is -0.137. The van der Waals surface area contributed by atoms with E-state index in [2.05, 4.69) is 26.0 Å². The van der Waals surface area contributed by atoms with Gasteiger partial charge in [0.1, 0.15) is 0 Å². The van der Waals surface area contributed by atoms with Gasteiger partial charge in [0, 0.05) is 31.7 Å². The van der Waals surface area contributed by atoms with E-state index in [0.717, 1.165) is 38.0 Å². The van der Waals surface area contributed by atoms with Crippen molar-refractivity contribution >= 4 is 17.5 Å². The number of likely N-dealkylation sites (tertiary alicyclic amines) is 1. The molecule has 1 aromatic carbocycles. The highest BCUT2D eigenvalue weighted by molar-refractivity contribution is 6.00. The summed E-state index contributed by atoms with van der Waals surface area (Å²) >= 11 is 0. The van der Waals surface area contributed by atoms with Crippen LogP contribution in [0.3, 0.4) is 0 Å². The SMILES string of the molecule is CCc1ccc(N2CC(C(=O)N3CCC(C)CC3)CC2=O)cc1. The number of hydrogen-bond donors (Lipinski definition) is 0. The summed E-state index contributed by atoms with van der Waals surface area (Å²) in [4.78, 5) is 28.7. The molecule has 0 N–H and O–H groups in total. The minimum absolute atomic E-state index is 0.0676. The Hall–Kier alpha value is -1.84. The topological polar surface area (TPSA) is 40.6 Å². The van der Waals surface area contributed by atoms with Crippen molar-refractivity contribution in [2.75, 3.05) is 24.5 Å². The molecule has 0 aromatic heterocycles. The first-order chi connectivity index (χ1) is 11.1. The zero-order valence-corrected chi connectivity index (χ0v) is 14.1. The molecule has 1 unspecified atom stereocenters. The van der Waals surface area contributed by atoms with Crippen LogP contribution in [-0.4, -0.2) is 36.3 Å². The summed E-state index contributed by atoms with van der Waals surface area (Å²) in [6.07, 6.45) is 3.49. The third-order valence-electron chi connectivity index (χ3n) is 5.23. The summed E-state index contributed by atoms with van der Waals surface area (Å²) in [6, 6.07) is 8.10. The van der Waals surface area contributed by atoms with E-state index in [0.29, 0.717) is 18.9 Å². The fraction of sp³-hybridized carbons (Fsp3) is 0.579. The number of aryl methyl sites for hydroxylation is 1. The Morgan fingerprint density at radius 2 is 1.83 bits per heavy atom. The quantitative estimate of drug-likeness (QED) is 0.861. The first-order valence-electron chi connectivity index (χ1n) is 8.76. The van der Waals surface area contributed by atoms with Crippen molar-refractivity contribution in [3.63, 3.8) is 0 Å². The van der Waals surface area contributed by atoms with Gasteiger partial charge in [-0.1, -0.05) is 26.0 Å². The van der Waals surface area contributed by atoms with Gasteiger partial charge in [-0.15, -0.1) is 0 Å². The molecule has 2 amide bonds. The molecule has 124 valence electrons. The standard InChI is InChI=1S/C19H26N2O2/c1-3-15-4-6-17(7-5-15)21-13-16(12-18(21)22)19(23)20-10-8-14(2)9-11-20/h4-7,14,16H,3,8-13H2,1-2H3. The van der Waals surface area contributed by atoms with Gasteiger partial charge < -0.3 is 9.80 Å². The number of piperidine rings is 1. The van der Waals surface area contributed by atoms with Gasteiger partial charge >= 0.3 is 0 Å². The van der Waals surface area contributed by atoms with Crippen molar-refractivity contribution in [1.29, 1.82) is 0 Å². The first-order valence-corrected chi connectivity index (χ1v) is 8.76. The maximum Gasteiger partial charge on any atom is 0.228 e. The van der Waals surface area contributed by atoms with Crippen LogP contribution in [-0.2, 0) is 16.0 Å². The summed E-state index contributed by atoms with van der Waals surface area (Å²) in [5, 5.41) is 0. The lowest BCUT2D eigenvalue weighted by Gasteiger charge is -2.32. The predicted octanol–water partition coefficient (Wildman–Crippen LogP) is 2.86. The van der Waals surface area contributed by atoms with Gasteiger partial charge in [-0.25, -0.2) is 0 Å². The van der Waals surface area contributed by atoms with Gasteiger partial charge in [0.15, 0.2) is 0 Å². The van der Waals surface area contributed by atoms with Gasteiger partial charge in [-0.2, -0.15) is 0 Å². The highest BCUT2D eigenvalue weighted by atomic mass is 16.2. The van der Waals surface area contributed by atoms with Crippen molar-refractivity contribution in [2.45, 2.75) is 39.5 Å². The van der Waals surface area contributed by atoms with Crippen LogP contribution < -0.4 is 4.90 Å². The van der Waals surface area contributed by atoms with Crippen molar-refractivity contribution < 1.29 is 9.59 Å². The van der Waals surface area contributed by atoms with Crippen LogP contribution >= 0.6 is 0 Å². The number of benzene rings is 1. The van der Waals surface area contributed by atoms with Crippen LogP contribution in [0, 0.1) is 11.8 Å². The van der Waals surface area contributed by atoms with Crippen LogP contribution in [0.25, 0.3) is 0 Å². The number of amides is 2. The molecule has 2 aliphatic rings. The molecular weight excluding hydrogens is 288 g/mol. The van der Waals surface area contributed by atoms with E-state index in [1.807, 2.05) is 17.0 Å². The maximum absolute atomic E-state index is 12.7. The lowest BCUT2D eigenvalue weighted by Crippen LogP contribution is -2.42. The Kier molecular flexibility index (Phi) is 4.69.